The van der Waals surface area contributed by atoms with Gasteiger partial charge < -0.3 is 9.80 Å². The summed E-state index contributed by atoms with van der Waals surface area (Å²) in [5, 5.41) is 0.780. The Bertz CT molecular complexity index is 811. The molecule has 0 radical (unpaired) electrons. The summed E-state index contributed by atoms with van der Waals surface area (Å²) in [5.41, 5.74) is 2.13. The van der Waals surface area contributed by atoms with Crippen LogP contribution >= 0.6 is 11.6 Å². The number of quaternary nitrogens is 1. The van der Waals surface area contributed by atoms with Gasteiger partial charge in [-0.2, -0.15) is 0 Å². The number of benzene rings is 2. The minimum Gasteiger partial charge on any atom is -0.359 e. The quantitative estimate of drug-likeness (QED) is 0.826. The Kier molecular flexibility index (Phi) is 4.66. The lowest BCUT2D eigenvalue weighted by Crippen LogP contribution is -3.15. The summed E-state index contributed by atoms with van der Waals surface area (Å²) >= 11 is 6.29. The van der Waals surface area contributed by atoms with Crippen molar-refractivity contribution in [2.45, 2.75) is 0 Å². The van der Waals surface area contributed by atoms with Gasteiger partial charge in [-0.25, -0.2) is 0 Å². The minimum atomic E-state index is -0.167. The summed E-state index contributed by atoms with van der Waals surface area (Å²) in [5.74, 6) is -0.334. The van der Waals surface area contributed by atoms with Crippen LogP contribution in [-0.4, -0.2) is 56.0 Å². The molecular weight excluding hydrogens is 350 g/mol. The molecule has 0 bridgehead atoms. The number of hydrogen-bond acceptors (Lipinski definition) is 3. The van der Waals surface area contributed by atoms with E-state index in [2.05, 4.69) is 4.90 Å². The van der Waals surface area contributed by atoms with E-state index in [9.17, 15) is 9.59 Å². The van der Waals surface area contributed by atoms with Crippen molar-refractivity contribution in [3.05, 3.63) is 64.7 Å². The van der Waals surface area contributed by atoms with E-state index in [1.807, 2.05) is 24.3 Å². The number of imide groups is 1. The van der Waals surface area contributed by atoms with Crippen LogP contribution in [0.25, 0.3) is 0 Å². The summed E-state index contributed by atoms with van der Waals surface area (Å²) < 4.78 is 0. The molecule has 0 spiro atoms. The Labute approximate surface area is 157 Å². The molecule has 1 fully saturated rings. The zero-order valence-electron chi connectivity index (χ0n) is 14.5. The van der Waals surface area contributed by atoms with Crippen molar-refractivity contribution < 1.29 is 14.5 Å². The van der Waals surface area contributed by atoms with E-state index in [4.69, 9.17) is 11.6 Å². The number of carbonyl (C=O) groups excluding carboxylic acids is 2. The van der Waals surface area contributed by atoms with Crippen LogP contribution < -0.4 is 9.80 Å². The second kappa shape index (κ2) is 7.09. The fourth-order valence-corrected chi connectivity index (χ4v) is 3.99. The highest BCUT2D eigenvalue weighted by Gasteiger charge is 2.35. The summed E-state index contributed by atoms with van der Waals surface area (Å²) in [6, 6.07) is 15.0. The second-order valence-corrected chi connectivity index (χ2v) is 7.15. The Morgan fingerprint density at radius 1 is 0.885 bits per heavy atom. The molecule has 134 valence electrons. The highest BCUT2D eigenvalue weighted by molar-refractivity contribution is 6.33. The molecule has 0 saturated carbocycles. The van der Waals surface area contributed by atoms with E-state index in [-0.39, 0.29) is 11.8 Å². The first-order chi connectivity index (χ1) is 12.6. The maximum atomic E-state index is 12.4. The highest BCUT2D eigenvalue weighted by atomic mass is 35.5. The first-order valence-corrected chi connectivity index (χ1v) is 9.31. The average Bonchev–Trinajstić information content (AvgIpc) is 2.92. The van der Waals surface area contributed by atoms with Crippen molar-refractivity contribution in [2.24, 2.45) is 0 Å². The van der Waals surface area contributed by atoms with Gasteiger partial charge in [0.15, 0.2) is 0 Å². The average molecular weight is 371 g/mol. The predicted octanol–water partition coefficient (Wildman–Crippen LogP) is 1.34. The Morgan fingerprint density at radius 3 is 2.08 bits per heavy atom. The minimum absolute atomic E-state index is 0.167. The maximum absolute atomic E-state index is 12.4. The Morgan fingerprint density at radius 2 is 1.46 bits per heavy atom. The van der Waals surface area contributed by atoms with Gasteiger partial charge in [-0.15, -0.1) is 0 Å². The topological polar surface area (TPSA) is 45.1 Å². The van der Waals surface area contributed by atoms with Crippen LogP contribution in [0, 0.1) is 0 Å². The molecule has 6 heteroatoms. The number of halogens is 1. The molecule has 0 aliphatic carbocycles. The number of fused-ring (bicyclic) bond motifs is 1. The van der Waals surface area contributed by atoms with E-state index in [1.54, 1.807) is 24.3 Å². The van der Waals surface area contributed by atoms with Crippen LogP contribution in [0.2, 0.25) is 5.02 Å². The number of piperazine rings is 1. The number of hydrogen-bond donors (Lipinski definition) is 1. The Hall–Kier alpha value is -2.37. The number of amides is 2. The molecule has 4 rings (SSSR count). The molecule has 1 N–H and O–H groups in total. The van der Waals surface area contributed by atoms with Crippen LogP contribution in [0.1, 0.15) is 20.7 Å². The predicted molar refractivity (Wildman–Crippen MR) is 101 cm³/mol. The first-order valence-electron chi connectivity index (χ1n) is 8.93. The van der Waals surface area contributed by atoms with Gasteiger partial charge in [0.05, 0.1) is 61.1 Å². The van der Waals surface area contributed by atoms with Gasteiger partial charge in [-0.05, 0) is 24.3 Å². The monoisotopic (exact) mass is 370 g/mol. The number of rotatable bonds is 4. The standard InChI is InChI=1S/C20H20ClN3O2/c21-17-7-3-4-8-18(17)23-12-9-22(10-13-23)11-14-24-19(25)15-5-1-2-6-16(15)20(24)26/h1-8H,9-14H2/p+1. The Balaban J connectivity index is 1.33. The van der Waals surface area contributed by atoms with Gasteiger partial charge in [-0.1, -0.05) is 35.9 Å². The summed E-state index contributed by atoms with van der Waals surface area (Å²) in [4.78, 5) is 29.9. The lowest BCUT2D eigenvalue weighted by atomic mass is 10.1. The molecular formula is C20H21ClN3O2+. The van der Waals surface area contributed by atoms with Crippen molar-refractivity contribution in [3.8, 4) is 0 Å². The van der Waals surface area contributed by atoms with E-state index in [0.717, 1.165) is 43.4 Å². The van der Waals surface area contributed by atoms with Crippen LogP contribution in [0.15, 0.2) is 48.5 Å². The molecule has 0 atom stereocenters. The van der Waals surface area contributed by atoms with Gasteiger partial charge in [0.1, 0.15) is 0 Å². The molecule has 2 heterocycles. The SMILES string of the molecule is O=C1c2ccccc2C(=O)N1CC[NH+]1CCN(c2ccccc2Cl)CC1. The second-order valence-electron chi connectivity index (χ2n) is 6.75. The van der Waals surface area contributed by atoms with E-state index < -0.39 is 0 Å². The molecule has 2 aliphatic heterocycles. The summed E-state index contributed by atoms with van der Waals surface area (Å²) in [7, 11) is 0. The van der Waals surface area contributed by atoms with Gasteiger partial charge in [0, 0.05) is 0 Å². The molecule has 2 aromatic carbocycles. The van der Waals surface area contributed by atoms with Crippen molar-refractivity contribution >= 4 is 29.1 Å². The number of carbonyl (C=O) groups is 2. The number of nitrogens with one attached hydrogen (secondary N) is 1. The number of nitrogens with zero attached hydrogens (tertiary/aromatic N) is 2. The largest absolute Gasteiger partial charge is 0.359 e. The zero-order chi connectivity index (χ0) is 18.1. The van der Waals surface area contributed by atoms with Gasteiger partial charge >= 0.3 is 0 Å². The highest BCUT2D eigenvalue weighted by Crippen LogP contribution is 2.25. The smallest absolute Gasteiger partial charge is 0.261 e. The lowest BCUT2D eigenvalue weighted by molar-refractivity contribution is -0.899. The molecule has 2 aliphatic rings. The van der Waals surface area contributed by atoms with Crippen LogP contribution in [0.3, 0.4) is 0 Å². The van der Waals surface area contributed by atoms with Crippen molar-refractivity contribution in [1.82, 2.24) is 4.90 Å². The summed E-state index contributed by atoms with van der Waals surface area (Å²) in [6.45, 7) is 5.01. The van der Waals surface area contributed by atoms with E-state index >= 15 is 0 Å². The fraction of sp³-hybridized carbons (Fsp3) is 0.300. The summed E-state index contributed by atoms with van der Waals surface area (Å²) in [6.07, 6.45) is 0. The molecule has 2 aromatic rings. The van der Waals surface area contributed by atoms with Gasteiger partial charge in [0.2, 0.25) is 0 Å². The number of anilines is 1. The number of para-hydroxylation sites is 1. The lowest BCUT2D eigenvalue weighted by Gasteiger charge is -2.34. The maximum Gasteiger partial charge on any atom is 0.261 e. The normalized spacial score (nSPS) is 17.7. The van der Waals surface area contributed by atoms with Gasteiger partial charge in [-0.3, -0.25) is 14.5 Å². The van der Waals surface area contributed by atoms with Crippen molar-refractivity contribution in [1.29, 1.82) is 0 Å². The fourth-order valence-electron chi connectivity index (χ4n) is 3.73. The molecule has 0 unspecified atom stereocenters. The van der Waals surface area contributed by atoms with Gasteiger partial charge in [0.25, 0.3) is 11.8 Å². The van der Waals surface area contributed by atoms with E-state index in [1.165, 1.54) is 9.80 Å². The molecule has 1 saturated heterocycles. The van der Waals surface area contributed by atoms with Crippen LogP contribution in [0.4, 0.5) is 5.69 Å². The third-order valence-corrected chi connectivity index (χ3v) is 5.55. The molecule has 26 heavy (non-hydrogen) atoms. The molecule has 2 amide bonds. The van der Waals surface area contributed by atoms with E-state index in [0.29, 0.717) is 17.7 Å². The first kappa shape index (κ1) is 17.1. The third kappa shape index (κ3) is 3.08. The third-order valence-electron chi connectivity index (χ3n) is 5.23. The van der Waals surface area contributed by atoms with Crippen LogP contribution in [-0.2, 0) is 0 Å². The van der Waals surface area contributed by atoms with Crippen molar-refractivity contribution in [2.75, 3.05) is 44.2 Å². The van der Waals surface area contributed by atoms with Crippen LogP contribution in [0.5, 0.6) is 0 Å². The van der Waals surface area contributed by atoms with Crippen molar-refractivity contribution in [3.63, 3.8) is 0 Å². The zero-order valence-corrected chi connectivity index (χ0v) is 15.2. The molecule has 5 nitrogen and oxygen atoms in total. The molecule has 0 aromatic heterocycles.